The number of piperidine rings is 1. The number of amides is 1. The molecule has 2 unspecified atom stereocenters. The fourth-order valence-electron chi connectivity index (χ4n) is 3.32. The van der Waals surface area contributed by atoms with Crippen LogP contribution in [0.3, 0.4) is 0 Å². The van der Waals surface area contributed by atoms with E-state index < -0.39 is 5.60 Å². The number of carbonyl (C=O) groups excluding carboxylic acids is 1. The van der Waals surface area contributed by atoms with Crippen molar-refractivity contribution in [3.63, 3.8) is 0 Å². The Kier molecular flexibility index (Phi) is 6.70. The first-order chi connectivity index (χ1) is 11.3. The highest BCUT2D eigenvalue weighted by Gasteiger charge is 2.32. The van der Waals surface area contributed by atoms with Gasteiger partial charge in [-0.15, -0.1) is 0 Å². The summed E-state index contributed by atoms with van der Waals surface area (Å²) < 4.78 is 6.64. The first-order valence-electron chi connectivity index (χ1n) is 8.68. The highest BCUT2D eigenvalue weighted by molar-refractivity contribution is 9.10. The number of nitrogens with one attached hydrogen (secondary N) is 1. The molecule has 1 saturated heterocycles. The normalized spacial score (nSPS) is 19.9. The van der Waals surface area contributed by atoms with Crippen molar-refractivity contribution in [3.05, 3.63) is 34.3 Å². The van der Waals surface area contributed by atoms with E-state index in [2.05, 4.69) is 45.5 Å². The Morgan fingerprint density at radius 2 is 2.04 bits per heavy atom. The second-order valence-electron chi connectivity index (χ2n) is 7.54. The molecule has 1 aliphatic rings. The average molecular weight is 397 g/mol. The minimum Gasteiger partial charge on any atom is -0.444 e. The summed E-state index contributed by atoms with van der Waals surface area (Å²) >= 11 is 3.50. The van der Waals surface area contributed by atoms with E-state index in [1.807, 2.05) is 32.7 Å². The molecule has 2 rings (SSSR count). The van der Waals surface area contributed by atoms with Crippen molar-refractivity contribution in [2.24, 2.45) is 5.92 Å². The van der Waals surface area contributed by atoms with Gasteiger partial charge in [0, 0.05) is 30.0 Å². The van der Waals surface area contributed by atoms with Crippen LogP contribution in [-0.2, 0) is 4.74 Å². The van der Waals surface area contributed by atoms with E-state index in [1.54, 1.807) is 0 Å². The van der Waals surface area contributed by atoms with Gasteiger partial charge in [0.2, 0.25) is 0 Å². The molecule has 0 saturated carbocycles. The van der Waals surface area contributed by atoms with Gasteiger partial charge in [0.15, 0.2) is 0 Å². The van der Waals surface area contributed by atoms with Crippen molar-refractivity contribution in [1.82, 2.24) is 10.2 Å². The number of nitrogens with zero attached hydrogens (tertiary/aromatic N) is 1. The molecular formula is C19H29BrN2O2. The number of ether oxygens (including phenoxy) is 1. The fraction of sp³-hybridized carbons (Fsp3) is 0.632. The minimum atomic E-state index is -0.444. The fourth-order valence-corrected chi connectivity index (χ4v) is 3.58. The van der Waals surface area contributed by atoms with Crippen LogP contribution < -0.4 is 5.32 Å². The topological polar surface area (TPSA) is 41.6 Å². The third-order valence-electron chi connectivity index (χ3n) is 4.40. The van der Waals surface area contributed by atoms with E-state index in [-0.39, 0.29) is 6.09 Å². The van der Waals surface area contributed by atoms with Crippen LogP contribution in [0, 0.1) is 5.92 Å². The lowest BCUT2D eigenvalue weighted by Gasteiger charge is -2.38. The van der Waals surface area contributed by atoms with E-state index >= 15 is 0 Å². The molecule has 1 aliphatic heterocycles. The zero-order chi connectivity index (χ0) is 17.7. The predicted octanol–water partition coefficient (Wildman–Crippen LogP) is 4.40. The van der Waals surface area contributed by atoms with Crippen LogP contribution in [0.5, 0.6) is 0 Å². The molecule has 0 aliphatic carbocycles. The van der Waals surface area contributed by atoms with Gasteiger partial charge >= 0.3 is 6.09 Å². The van der Waals surface area contributed by atoms with Crippen LogP contribution in [0.1, 0.15) is 45.1 Å². The van der Waals surface area contributed by atoms with Crippen molar-refractivity contribution in [1.29, 1.82) is 0 Å². The van der Waals surface area contributed by atoms with E-state index in [1.165, 1.54) is 5.56 Å². The highest BCUT2D eigenvalue weighted by Crippen LogP contribution is 2.32. The quantitative estimate of drug-likeness (QED) is 0.819. The van der Waals surface area contributed by atoms with E-state index in [4.69, 9.17) is 4.74 Å². The highest BCUT2D eigenvalue weighted by atomic mass is 79.9. The van der Waals surface area contributed by atoms with Crippen molar-refractivity contribution < 1.29 is 9.53 Å². The van der Waals surface area contributed by atoms with Gasteiger partial charge < -0.3 is 15.0 Å². The lowest BCUT2D eigenvalue weighted by atomic mass is 9.81. The lowest BCUT2D eigenvalue weighted by Crippen LogP contribution is -2.45. The summed E-state index contributed by atoms with van der Waals surface area (Å²) in [6.07, 6.45) is 1.98. The monoisotopic (exact) mass is 396 g/mol. The summed E-state index contributed by atoms with van der Waals surface area (Å²) in [5.74, 6) is 0.841. The molecule has 2 atom stereocenters. The van der Waals surface area contributed by atoms with Gasteiger partial charge in [-0.2, -0.15) is 0 Å². The molecule has 1 aromatic rings. The summed E-state index contributed by atoms with van der Waals surface area (Å²) in [5.41, 5.74) is 0.878. The number of halogens is 1. The van der Waals surface area contributed by atoms with Gasteiger partial charge in [0.25, 0.3) is 0 Å². The Labute approximate surface area is 154 Å². The number of likely N-dealkylation sites (tertiary alicyclic amines) is 1. The van der Waals surface area contributed by atoms with Gasteiger partial charge in [-0.05, 0) is 64.3 Å². The summed E-state index contributed by atoms with van der Waals surface area (Å²) in [6.45, 7) is 8.21. The Morgan fingerprint density at radius 3 is 2.62 bits per heavy atom. The molecule has 0 bridgehead atoms. The molecule has 0 spiro atoms. The van der Waals surface area contributed by atoms with Crippen molar-refractivity contribution in [2.45, 2.75) is 45.1 Å². The molecule has 5 heteroatoms. The molecule has 1 heterocycles. The maximum atomic E-state index is 12.4. The molecule has 24 heavy (non-hydrogen) atoms. The maximum absolute atomic E-state index is 12.4. The third kappa shape index (κ3) is 5.49. The van der Waals surface area contributed by atoms with Crippen LogP contribution in [-0.4, -0.2) is 43.3 Å². The molecule has 0 aromatic heterocycles. The lowest BCUT2D eigenvalue weighted by molar-refractivity contribution is 0.0151. The average Bonchev–Trinajstić information content (AvgIpc) is 2.52. The van der Waals surface area contributed by atoms with Crippen LogP contribution in [0.15, 0.2) is 28.7 Å². The molecule has 1 fully saturated rings. The Bertz CT molecular complexity index is 539. The SMILES string of the molecule is CNCC(c1ccc(Br)cc1)C1CCCN(C(=O)OC(C)(C)C)C1. The van der Waals surface area contributed by atoms with Crippen molar-refractivity contribution >= 4 is 22.0 Å². The number of hydrogen-bond donors (Lipinski definition) is 1. The summed E-state index contributed by atoms with van der Waals surface area (Å²) in [6, 6.07) is 8.54. The number of rotatable bonds is 4. The van der Waals surface area contributed by atoms with Crippen LogP contribution >= 0.6 is 15.9 Å². The number of hydrogen-bond acceptors (Lipinski definition) is 3. The third-order valence-corrected chi connectivity index (χ3v) is 4.93. The Morgan fingerprint density at radius 1 is 1.38 bits per heavy atom. The summed E-state index contributed by atoms with van der Waals surface area (Å²) in [4.78, 5) is 14.3. The first kappa shape index (κ1) is 19.3. The predicted molar refractivity (Wildman–Crippen MR) is 101 cm³/mol. The van der Waals surface area contributed by atoms with Crippen LogP contribution in [0.4, 0.5) is 4.79 Å². The zero-order valence-electron chi connectivity index (χ0n) is 15.1. The van der Waals surface area contributed by atoms with Gasteiger partial charge in [0.05, 0.1) is 0 Å². The maximum Gasteiger partial charge on any atom is 0.410 e. The summed E-state index contributed by atoms with van der Waals surface area (Å²) in [5, 5.41) is 3.31. The van der Waals surface area contributed by atoms with Crippen molar-refractivity contribution in [2.75, 3.05) is 26.7 Å². The molecule has 1 amide bonds. The molecule has 4 nitrogen and oxygen atoms in total. The summed E-state index contributed by atoms with van der Waals surface area (Å²) in [7, 11) is 1.99. The number of benzene rings is 1. The van der Waals surface area contributed by atoms with Crippen LogP contribution in [0.2, 0.25) is 0 Å². The molecule has 1 aromatic carbocycles. The first-order valence-corrected chi connectivity index (χ1v) is 9.47. The van der Waals surface area contributed by atoms with E-state index in [0.29, 0.717) is 11.8 Å². The number of likely N-dealkylation sites (N-methyl/N-ethyl adjacent to an activating group) is 1. The van der Waals surface area contributed by atoms with Gasteiger partial charge in [-0.25, -0.2) is 4.79 Å². The van der Waals surface area contributed by atoms with E-state index in [9.17, 15) is 4.79 Å². The van der Waals surface area contributed by atoms with Gasteiger partial charge in [-0.1, -0.05) is 28.1 Å². The van der Waals surface area contributed by atoms with Crippen LogP contribution in [0.25, 0.3) is 0 Å². The molecule has 0 radical (unpaired) electrons. The van der Waals surface area contributed by atoms with Gasteiger partial charge in [-0.3, -0.25) is 0 Å². The second kappa shape index (κ2) is 8.34. The zero-order valence-corrected chi connectivity index (χ0v) is 16.7. The second-order valence-corrected chi connectivity index (χ2v) is 8.46. The Balaban J connectivity index is 2.09. The Hall–Kier alpha value is -1.07. The molecular weight excluding hydrogens is 368 g/mol. The molecule has 134 valence electrons. The minimum absolute atomic E-state index is 0.189. The smallest absolute Gasteiger partial charge is 0.410 e. The van der Waals surface area contributed by atoms with Crippen molar-refractivity contribution in [3.8, 4) is 0 Å². The largest absolute Gasteiger partial charge is 0.444 e. The number of carbonyl (C=O) groups is 1. The van der Waals surface area contributed by atoms with E-state index in [0.717, 1.165) is 36.9 Å². The molecule has 1 N–H and O–H groups in total. The standard InChI is InChI=1S/C19H29BrN2O2/c1-19(2,3)24-18(23)22-11-5-6-15(13-22)17(12-21-4)14-7-9-16(20)10-8-14/h7-10,15,17,21H,5-6,11-13H2,1-4H3. The van der Waals surface area contributed by atoms with Gasteiger partial charge in [0.1, 0.15) is 5.60 Å².